The van der Waals surface area contributed by atoms with E-state index in [4.69, 9.17) is 0 Å². The fourth-order valence-corrected chi connectivity index (χ4v) is 4.18. The van der Waals surface area contributed by atoms with Gasteiger partial charge in [-0.2, -0.15) is 0 Å². The SMILES string of the molecule is CC.CC.CCN1CCC(CN2CC3(CN(C)C3)C2)CC1. The molecule has 0 unspecified atom stereocenters. The number of likely N-dealkylation sites (tertiary alicyclic amines) is 3. The van der Waals surface area contributed by atoms with Crippen molar-refractivity contribution in [2.75, 3.05) is 59.4 Å². The van der Waals surface area contributed by atoms with Crippen LogP contribution < -0.4 is 0 Å². The maximum Gasteiger partial charge on any atom is 0.0212 e. The molecule has 0 atom stereocenters. The van der Waals surface area contributed by atoms with Gasteiger partial charge < -0.3 is 14.7 Å². The van der Waals surface area contributed by atoms with E-state index < -0.39 is 0 Å². The average Bonchev–Trinajstić information content (AvgIpc) is 2.48. The van der Waals surface area contributed by atoms with Crippen LogP contribution in [-0.4, -0.2) is 74.1 Å². The molecule has 3 aliphatic rings. The van der Waals surface area contributed by atoms with Gasteiger partial charge in [0, 0.05) is 38.1 Å². The Balaban J connectivity index is 0.000000510. The van der Waals surface area contributed by atoms with Gasteiger partial charge in [0.1, 0.15) is 0 Å². The second kappa shape index (κ2) is 9.12. The molecule has 0 bridgehead atoms. The first-order chi connectivity index (χ1) is 10.2. The van der Waals surface area contributed by atoms with Crippen molar-refractivity contribution in [3.63, 3.8) is 0 Å². The maximum absolute atomic E-state index is 2.71. The summed E-state index contributed by atoms with van der Waals surface area (Å²) < 4.78 is 0. The lowest BCUT2D eigenvalue weighted by atomic mass is 9.72. The third-order valence-corrected chi connectivity index (χ3v) is 5.00. The Morgan fingerprint density at radius 3 is 1.81 bits per heavy atom. The molecule has 3 fully saturated rings. The lowest BCUT2D eigenvalue weighted by Crippen LogP contribution is -2.71. The number of rotatable bonds is 3. The Morgan fingerprint density at radius 2 is 1.38 bits per heavy atom. The summed E-state index contributed by atoms with van der Waals surface area (Å²) in [4.78, 5) is 7.76. The van der Waals surface area contributed by atoms with Gasteiger partial charge in [-0.25, -0.2) is 0 Å². The highest BCUT2D eigenvalue weighted by Gasteiger charge is 2.50. The van der Waals surface area contributed by atoms with Gasteiger partial charge in [-0.3, -0.25) is 0 Å². The van der Waals surface area contributed by atoms with Crippen molar-refractivity contribution in [2.24, 2.45) is 11.3 Å². The van der Waals surface area contributed by atoms with Gasteiger partial charge in [0.25, 0.3) is 0 Å². The van der Waals surface area contributed by atoms with E-state index in [1.807, 2.05) is 27.7 Å². The fraction of sp³-hybridized carbons (Fsp3) is 1.00. The standard InChI is InChI=1S/C14H27N3.2C2H6/c1-3-16-6-4-13(5-7-16)8-17-11-14(12-17)9-15(2)10-14;2*1-2/h13H,3-12H2,1-2H3;2*1-2H3. The molecule has 0 aromatic carbocycles. The number of hydrogen-bond acceptors (Lipinski definition) is 3. The van der Waals surface area contributed by atoms with Crippen LogP contribution in [0.4, 0.5) is 0 Å². The van der Waals surface area contributed by atoms with E-state index in [1.165, 1.54) is 65.2 Å². The van der Waals surface area contributed by atoms with Crippen LogP contribution in [0.15, 0.2) is 0 Å². The Morgan fingerprint density at radius 1 is 0.857 bits per heavy atom. The van der Waals surface area contributed by atoms with Crippen molar-refractivity contribution in [3.05, 3.63) is 0 Å². The van der Waals surface area contributed by atoms with E-state index in [0.717, 1.165) is 11.3 Å². The van der Waals surface area contributed by atoms with Gasteiger partial charge in [-0.15, -0.1) is 0 Å². The molecule has 1 spiro atoms. The maximum atomic E-state index is 2.71. The highest BCUT2D eigenvalue weighted by molar-refractivity contribution is 5.04. The van der Waals surface area contributed by atoms with E-state index in [1.54, 1.807) is 0 Å². The average molecular weight is 298 g/mol. The predicted octanol–water partition coefficient (Wildman–Crippen LogP) is 3.02. The van der Waals surface area contributed by atoms with Crippen LogP contribution in [0.1, 0.15) is 47.5 Å². The quantitative estimate of drug-likeness (QED) is 0.793. The summed E-state index contributed by atoms with van der Waals surface area (Å²) in [6, 6.07) is 0. The van der Waals surface area contributed by atoms with Gasteiger partial charge >= 0.3 is 0 Å². The zero-order chi connectivity index (χ0) is 15.9. The zero-order valence-corrected chi connectivity index (χ0v) is 15.5. The molecule has 3 saturated heterocycles. The monoisotopic (exact) mass is 297 g/mol. The van der Waals surface area contributed by atoms with E-state index in [0.29, 0.717) is 0 Å². The molecule has 0 radical (unpaired) electrons. The van der Waals surface area contributed by atoms with Crippen molar-refractivity contribution in [1.29, 1.82) is 0 Å². The summed E-state index contributed by atoms with van der Waals surface area (Å²) in [5.41, 5.74) is 0.721. The van der Waals surface area contributed by atoms with Gasteiger partial charge in [-0.05, 0) is 45.4 Å². The molecule has 3 nitrogen and oxygen atoms in total. The molecule has 0 saturated carbocycles. The number of piperidine rings is 1. The van der Waals surface area contributed by atoms with Gasteiger partial charge in [0.05, 0.1) is 0 Å². The van der Waals surface area contributed by atoms with Crippen molar-refractivity contribution in [1.82, 2.24) is 14.7 Å². The van der Waals surface area contributed by atoms with Crippen LogP contribution in [-0.2, 0) is 0 Å². The molecule has 3 heteroatoms. The lowest BCUT2D eigenvalue weighted by molar-refractivity contribution is -0.110. The first-order valence-electron chi connectivity index (χ1n) is 9.32. The Kier molecular flexibility index (Phi) is 8.22. The highest BCUT2D eigenvalue weighted by Crippen LogP contribution is 2.39. The molecule has 3 heterocycles. The van der Waals surface area contributed by atoms with Crippen LogP contribution in [0.3, 0.4) is 0 Å². The molecular formula is C18H39N3. The first-order valence-corrected chi connectivity index (χ1v) is 9.32. The molecule has 3 rings (SSSR count). The summed E-state index contributed by atoms with van der Waals surface area (Å²) in [6.07, 6.45) is 2.86. The molecule has 0 N–H and O–H groups in total. The third kappa shape index (κ3) is 4.94. The highest BCUT2D eigenvalue weighted by atomic mass is 15.3. The predicted molar refractivity (Wildman–Crippen MR) is 93.9 cm³/mol. The third-order valence-electron chi connectivity index (χ3n) is 5.00. The van der Waals surface area contributed by atoms with Gasteiger partial charge in [0.15, 0.2) is 0 Å². The van der Waals surface area contributed by atoms with E-state index in [2.05, 4.69) is 28.7 Å². The van der Waals surface area contributed by atoms with Crippen molar-refractivity contribution in [2.45, 2.75) is 47.5 Å². The minimum absolute atomic E-state index is 0.721. The Hall–Kier alpha value is -0.120. The van der Waals surface area contributed by atoms with Crippen LogP contribution in [0.5, 0.6) is 0 Å². The van der Waals surface area contributed by atoms with E-state index in [-0.39, 0.29) is 0 Å². The van der Waals surface area contributed by atoms with Crippen LogP contribution in [0, 0.1) is 11.3 Å². The van der Waals surface area contributed by atoms with Crippen LogP contribution >= 0.6 is 0 Å². The Bertz CT molecular complexity index is 258. The van der Waals surface area contributed by atoms with E-state index >= 15 is 0 Å². The van der Waals surface area contributed by atoms with Crippen molar-refractivity contribution in [3.8, 4) is 0 Å². The zero-order valence-electron chi connectivity index (χ0n) is 15.5. The van der Waals surface area contributed by atoms with Gasteiger partial charge in [0.2, 0.25) is 0 Å². The summed E-state index contributed by atoms with van der Waals surface area (Å²) >= 11 is 0. The Labute approximate surface area is 133 Å². The number of hydrogen-bond donors (Lipinski definition) is 0. The van der Waals surface area contributed by atoms with Gasteiger partial charge in [-0.1, -0.05) is 34.6 Å². The summed E-state index contributed by atoms with van der Waals surface area (Å²) in [5.74, 6) is 0.980. The van der Waals surface area contributed by atoms with Crippen molar-refractivity contribution < 1.29 is 0 Å². The molecule has 0 aliphatic carbocycles. The first kappa shape index (κ1) is 18.9. The smallest absolute Gasteiger partial charge is 0.0212 e. The second-order valence-electron chi connectivity index (χ2n) is 6.72. The molecular weight excluding hydrogens is 258 g/mol. The van der Waals surface area contributed by atoms with E-state index in [9.17, 15) is 0 Å². The topological polar surface area (TPSA) is 9.72 Å². The largest absolute Gasteiger partial charge is 0.305 e. The van der Waals surface area contributed by atoms with Crippen molar-refractivity contribution >= 4 is 0 Å². The molecule has 0 amide bonds. The summed E-state index contributed by atoms with van der Waals surface area (Å²) in [6.45, 7) is 21.0. The molecule has 0 aromatic heterocycles. The summed E-state index contributed by atoms with van der Waals surface area (Å²) in [7, 11) is 2.24. The molecule has 21 heavy (non-hydrogen) atoms. The van der Waals surface area contributed by atoms with Crippen LogP contribution in [0.2, 0.25) is 0 Å². The van der Waals surface area contributed by atoms with Crippen LogP contribution in [0.25, 0.3) is 0 Å². The lowest BCUT2D eigenvalue weighted by Gasteiger charge is -2.60. The minimum Gasteiger partial charge on any atom is -0.305 e. The molecule has 0 aromatic rings. The molecule has 3 aliphatic heterocycles. The normalized spacial score (nSPS) is 26.0. The summed E-state index contributed by atoms with van der Waals surface area (Å²) in [5, 5.41) is 0. The number of nitrogens with zero attached hydrogens (tertiary/aromatic N) is 3. The second-order valence-corrected chi connectivity index (χ2v) is 6.72. The fourth-order valence-electron chi connectivity index (χ4n) is 4.18. The minimum atomic E-state index is 0.721. The molecule has 126 valence electrons.